The first-order valence-electron chi connectivity index (χ1n) is 4.81. The first kappa shape index (κ1) is 11.1. The van der Waals surface area contributed by atoms with Crippen LogP contribution in [0.25, 0.3) is 0 Å². The number of aliphatic hydroxyl groups excluding tert-OH is 1. The van der Waals surface area contributed by atoms with Gasteiger partial charge in [-0.25, -0.2) is 0 Å². The highest BCUT2D eigenvalue weighted by molar-refractivity contribution is 4.91. The molecular formula is C9H18N4O. The predicted octanol–water partition coefficient (Wildman–Crippen LogP) is -0.158. The monoisotopic (exact) mass is 198 g/mol. The van der Waals surface area contributed by atoms with Gasteiger partial charge in [-0.3, -0.25) is 0 Å². The zero-order chi connectivity index (χ0) is 10.6. The van der Waals surface area contributed by atoms with Crippen molar-refractivity contribution in [1.82, 2.24) is 20.1 Å². The third-order valence-corrected chi connectivity index (χ3v) is 2.27. The van der Waals surface area contributed by atoms with E-state index >= 15 is 0 Å². The molecule has 1 rings (SSSR count). The molecule has 5 heteroatoms. The van der Waals surface area contributed by atoms with Gasteiger partial charge >= 0.3 is 0 Å². The van der Waals surface area contributed by atoms with E-state index in [0.717, 1.165) is 18.2 Å². The van der Waals surface area contributed by atoms with Gasteiger partial charge in [0.05, 0.1) is 6.54 Å². The number of nitrogens with one attached hydrogen (secondary N) is 1. The normalized spacial score (nSPS) is 13.1. The van der Waals surface area contributed by atoms with E-state index in [9.17, 15) is 0 Å². The third kappa shape index (κ3) is 2.78. The summed E-state index contributed by atoms with van der Waals surface area (Å²) >= 11 is 0. The summed E-state index contributed by atoms with van der Waals surface area (Å²) in [4.78, 5) is 0. The second-order valence-corrected chi connectivity index (χ2v) is 3.64. The van der Waals surface area contributed by atoms with Crippen LogP contribution in [0.15, 0.2) is 0 Å². The number of hydrogen-bond donors (Lipinski definition) is 2. The smallest absolute Gasteiger partial charge is 0.146 e. The highest BCUT2D eigenvalue weighted by atomic mass is 16.3. The van der Waals surface area contributed by atoms with E-state index < -0.39 is 0 Å². The van der Waals surface area contributed by atoms with Gasteiger partial charge in [0, 0.05) is 20.2 Å². The van der Waals surface area contributed by atoms with Gasteiger partial charge in [0.2, 0.25) is 0 Å². The van der Waals surface area contributed by atoms with Gasteiger partial charge in [-0.1, -0.05) is 6.92 Å². The fraction of sp³-hybridized carbons (Fsp3) is 0.778. The molecule has 0 aliphatic rings. The largest absolute Gasteiger partial charge is 0.396 e. The van der Waals surface area contributed by atoms with Crippen LogP contribution in [-0.2, 0) is 13.6 Å². The first-order valence-corrected chi connectivity index (χ1v) is 4.81. The van der Waals surface area contributed by atoms with Crippen LogP contribution in [0, 0.1) is 12.8 Å². The minimum atomic E-state index is 0.213. The summed E-state index contributed by atoms with van der Waals surface area (Å²) in [7, 11) is 1.95. The lowest BCUT2D eigenvalue weighted by Crippen LogP contribution is -2.24. The molecule has 14 heavy (non-hydrogen) atoms. The van der Waals surface area contributed by atoms with E-state index in [1.165, 1.54) is 0 Å². The van der Waals surface area contributed by atoms with Gasteiger partial charge in [0.25, 0.3) is 0 Å². The summed E-state index contributed by atoms with van der Waals surface area (Å²) in [5.74, 6) is 2.12. The van der Waals surface area contributed by atoms with Crippen LogP contribution in [0.1, 0.15) is 18.6 Å². The highest BCUT2D eigenvalue weighted by Crippen LogP contribution is 1.97. The molecule has 0 fully saturated rings. The molecule has 0 aliphatic carbocycles. The quantitative estimate of drug-likeness (QED) is 0.690. The lowest BCUT2D eigenvalue weighted by atomic mass is 10.2. The minimum absolute atomic E-state index is 0.213. The van der Waals surface area contributed by atoms with Gasteiger partial charge in [0.1, 0.15) is 11.6 Å². The first-order chi connectivity index (χ1) is 6.65. The van der Waals surface area contributed by atoms with E-state index in [1.54, 1.807) is 0 Å². The molecule has 0 aliphatic heterocycles. The predicted molar refractivity (Wildman–Crippen MR) is 53.7 cm³/mol. The van der Waals surface area contributed by atoms with E-state index in [-0.39, 0.29) is 12.5 Å². The highest BCUT2D eigenvalue weighted by Gasteiger charge is 2.04. The fourth-order valence-electron chi connectivity index (χ4n) is 1.10. The molecule has 0 saturated carbocycles. The van der Waals surface area contributed by atoms with Crippen molar-refractivity contribution >= 4 is 0 Å². The lowest BCUT2D eigenvalue weighted by molar-refractivity contribution is 0.233. The van der Waals surface area contributed by atoms with E-state index in [4.69, 9.17) is 5.11 Å². The van der Waals surface area contributed by atoms with Gasteiger partial charge in [-0.15, -0.1) is 10.2 Å². The third-order valence-electron chi connectivity index (χ3n) is 2.27. The van der Waals surface area contributed by atoms with Crippen molar-refractivity contribution in [2.45, 2.75) is 20.4 Å². The van der Waals surface area contributed by atoms with Crippen molar-refractivity contribution in [3.63, 3.8) is 0 Å². The molecule has 1 aromatic heterocycles. The Morgan fingerprint density at radius 3 is 2.71 bits per heavy atom. The number of aromatic nitrogens is 3. The van der Waals surface area contributed by atoms with Crippen LogP contribution in [0.3, 0.4) is 0 Å². The summed E-state index contributed by atoms with van der Waals surface area (Å²) in [5.41, 5.74) is 0. The van der Waals surface area contributed by atoms with Crippen molar-refractivity contribution in [2.75, 3.05) is 13.2 Å². The second kappa shape index (κ2) is 5.07. The summed E-state index contributed by atoms with van der Waals surface area (Å²) in [6.07, 6.45) is 0. The molecule has 0 bridgehead atoms. The number of nitrogens with zero attached hydrogens (tertiary/aromatic N) is 3. The van der Waals surface area contributed by atoms with Gasteiger partial charge < -0.3 is 15.0 Å². The van der Waals surface area contributed by atoms with Crippen LogP contribution >= 0.6 is 0 Å². The van der Waals surface area contributed by atoms with Gasteiger partial charge in [-0.2, -0.15) is 0 Å². The standard InChI is InChI=1S/C9H18N4O/c1-7(6-14)4-10-5-9-12-11-8(2)13(9)3/h7,10,14H,4-6H2,1-3H3. The molecule has 0 radical (unpaired) electrons. The maximum absolute atomic E-state index is 8.82. The van der Waals surface area contributed by atoms with E-state index in [2.05, 4.69) is 15.5 Å². The molecular weight excluding hydrogens is 180 g/mol. The number of rotatable bonds is 5. The molecule has 0 aromatic carbocycles. The van der Waals surface area contributed by atoms with Crippen molar-refractivity contribution in [3.05, 3.63) is 11.6 Å². The SMILES string of the molecule is Cc1nnc(CNCC(C)CO)n1C. The van der Waals surface area contributed by atoms with Crippen molar-refractivity contribution < 1.29 is 5.11 Å². The topological polar surface area (TPSA) is 63.0 Å². The van der Waals surface area contributed by atoms with Crippen LogP contribution < -0.4 is 5.32 Å². The average Bonchev–Trinajstić information content (AvgIpc) is 2.49. The van der Waals surface area contributed by atoms with Gasteiger partial charge in [0.15, 0.2) is 0 Å². The average molecular weight is 198 g/mol. The summed E-state index contributed by atoms with van der Waals surface area (Å²) in [5, 5.41) is 20.0. The van der Waals surface area contributed by atoms with E-state index in [0.29, 0.717) is 6.54 Å². The maximum atomic E-state index is 8.82. The molecule has 1 heterocycles. The van der Waals surface area contributed by atoms with Crippen LogP contribution in [-0.4, -0.2) is 33.0 Å². The Morgan fingerprint density at radius 1 is 1.50 bits per heavy atom. The Kier molecular flexibility index (Phi) is 4.03. The minimum Gasteiger partial charge on any atom is -0.396 e. The fourth-order valence-corrected chi connectivity index (χ4v) is 1.10. The van der Waals surface area contributed by atoms with Crippen molar-refractivity contribution in [3.8, 4) is 0 Å². The molecule has 1 unspecified atom stereocenters. The van der Waals surface area contributed by atoms with Crippen molar-refractivity contribution in [2.24, 2.45) is 13.0 Å². The van der Waals surface area contributed by atoms with Gasteiger partial charge in [-0.05, 0) is 12.8 Å². The summed E-state index contributed by atoms with van der Waals surface area (Å²) < 4.78 is 1.95. The van der Waals surface area contributed by atoms with Crippen molar-refractivity contribution in [1.29, 1.82) is 0 Å². The second-order valence-electron chi connectivity index (χ2n) is 3.64. The molecule has 0 amide bonds. The maximum Gasteiger partial charge on any atom is 0.146 e. The van der Waals surface area contributed by atoms with Crippen LogP contribution in [0.5, 0.6) is 0 Å². The molecule has 1 aromatic rings. The zero-order valence-electron chi connectivity index (χ0n) is 8.99. The number of aryl methyl sites for hydroxylation is 1. The Bertz CT molecular complexity index is 284. The molecule has 2 N–H and O–H groups in total. The van der Waals surface area contributed by atoms with Crippen LogP contribution in [0.2, 0.25) is 0 Å². The molecule has 1 atom stereocenters. The number of aliphatic hydroxyl groups is 1. The van der Waals surface area contributed by atoms with Crippen LogP contribution in [0.4, 0.5) is 0 Å². The lowest BCUT2D eigenvalue weighted by Gasteiger charge is -2.08. The Hall–Kier alpha value is -0.940. The molecule has 5 nitrogen and oxygen atoms in total. The molecule has 80 valence electrons. The summed E-state index contributed by atoms with van der Waals surface area (Å²) in [6.45, 7) is 5.62. The number of hydrogen-bond acceptors (Lipinski definition) is 4. The Morgan fingerprint density at radius 2 is 2.21 bits per heavy atom. The molecule has 0 spiro atoms. The Labute approximate surface area is 84.2 Å². The zero-order valence-corrected chi connectivity index (χ0v) is 8.99. The van der Waals surface area contributed by atoms with E-state index in [1.807, 2.05) is 25.5 Å². The summed E-state index contributed by atoms with van der Waals surface area (Å²) in [6, 6.07) is 0. The molecule has 0 saturated heterocycles. The Balaban J connectivity index is 2.35.